The molecule has 0 aromatic carbocycles. The number of rotatable bonds is 8. The fourth-order valence-corrected chi connectivity index (χ4v) is 1.62. The fourth-order valence-electron chi connectivity index (χ4n) is 1.62. The van der Waals surface area contributed by atoms with Gasteiger partial charge in [0.15, 0.2) is 11.4 Å². The molecule has 102 valence electrons. The van der Waals surface area contributed by atoms with E-state index in [1.807, 2.05) is 20.8 Å². The summed E-state index contributed by atoms with van der Waals surface area (Å²) < 4.78 is 17.3. The number of ketones is 1. The number of hydrogen-bond acceptors (Lipinski definition) is 5. The first kappa shape index (κ1) is 14.7. The Labute approximate surface area is 107 Å². The van der Waals surface area contributed by atoms with E-state index >= 15 is 0 Å². The van der Waals surface area contributed by atoms with Crippen molar-refractivity contribution in [3.05, 3.63) is 11.9 Å². The van der Waals surface area contributed by atoms with Crippen molar-refractivity contribution >= 4 is 5.78 Å². The summed E-state index contributed by atoms with van der Waals surface area (Å²) in [5.74, 6) is 0.168. The largest absolute Gasteiger partial charge is 0.493 e. The van der Waals surface area contributed by atoms with Gasteiger partial charge < -0.3 is 14.2 Å². The van der Waals surface area contributed by atoms with Crippen molar-refractivity contribution in [3.8, 4) is 5.75 Å². The van der Waals surface area contributed by atoms with Crippen molar-refractivity contribution in [1.29, 1.82) is 0 Å². The predicted molar refractivity (Wildman–Crippen MR) is 65.8 cm³/mol. The van der Waals surface area contributed by atoms with Gasteiger partial charge in [-0.2, -0.15) is 5.10 Å². The molecule has 1 aromatic heterocycles. The highest BCUT2D eigenvalue weighted by Crippen LogP contribution is 2.20. The van der Waals surface area contributed by atoms with Crippen LogP contribution >= 0.6 is 0 Å². The van der Waals surface area contributed by atoms with Gasteiger partial charge in [-0.25, -0.2) is 0 Å². The Bertz CT molecular complexity index is 362. The summed E-state index contributed by atoms with van der Waals surface area (Å²) in [7, 11) is 1.50. The number of carbonyl (C=O) groups excluding carboxylic acids is 1. The van der Waals surface area contributed by atoms with Gasteiger partial charge in [-0.1, -0.05) is 0 Å². The van der Waals surface area contributed by atoms with Crippen LogP contribution in [0.15, 0.2) is 6.20 Å². The maximum Gasteiger partial charge on any atom is 0.240 e. The van der Waals surface area contributed by atoms with E-state index in [4.69, 9.17) is 14.2 Å². The Hall–Kier alpha value is -1.40. The number of ether oxygens (including phenoxy) is 3. The molecule has 0 bridgehead atoms. The first-order valence-corrected chi connectivity index (χ1v) is 6.06. The molecule has 0 aliphatic rings. The van der Waals surface area contributed by atoms with Crippen LogP contribution in [0.4, 0.5) is 0 Å². The maximum absolute atomic E-state index is 12.4. The number of Topliss-reactive ketones (excluding diaryl/α,β-unsaturated/α-hetero) is 1. The van der Waals surface area contributed by atoms with Crippen LogP contribution in [0, 0.1) is 0 Å². The molecule has 0 amide bonds. The van der Waals surface area contributed by atoms with Crippen LogP contribution in [0.25, 0.3) is 0 Å². The molecule has 6 heteroatoms. The van der Waals surface area contributed by atoms with E-state index in [1.54, 1.807) is 4.68 Å². The van der Waals surface area contributed by atoms with Gasteiger partial charge in [-0.05, 0) is 20.8 Å². The molecule has 1 aromatic rings. The summed E-state index contributed by atoms with van der Waals surface area (Å²) in [6.07, 6.45) is 0.613. The first-order chi connectivity index (χ1) is 8.69. The highest BCUT2D eigenvalue weighted by Gasteiger charge is 2.27. The Morgan fingerprint density at radius 1 is 1.33 bits per heavy atom. The number of nitrogens with zero attached hydrogens (tertiary/aromatic N) is 2. The van der Waals surface area contributed by atoms with Gasteiger partial charge in [0.1, 0.15) is 0 Å². The van der Waals surface area contributed by atoms with E-state index in [0.29, 0.717) is 31.2 Å². The summed E-state index contributed by atoms with van der Waals surface area (Å²) in [5, 5.41) is 4.09. The average Bonchev–Trinajstić information content (AvgIpc) is 2.80. The summed E-state index contributed by atoms with van der Waals surface area (Å²) in [4.78, 5) is 12.4. The molecule has 0 unspecified atom stereocenters. The standard InChI is InChI=1S/C12H20N2O4/c1-5-14-10(9(16-4)8-13-14)11(15)12(17-6-2)18-7-3/h8,12H,5-7H2,1-4H3. The SMILES string of the molecule is CCOC(OCC)C(=O)c1c(OC)cnn1CC. The monoisotopic (exact) mass is 256 g/mol. The molecule has 0 radical (unpaired) electrons. The second-order valence-corrected chi connectivity index (χ2v) is 3.48. The van der Waals surface area contributed by atoms with Crippen molar-refractivity contribution in [2.75, 3.05) is 20.3 Å². The minimum absolute atomic E-state index is 0.269. The van der Waals surface area contributed by atoms with Crippen LogP contribution in [0.2, 0.25) is 0 Å². The topological polar surface area (TPSA) is 62.6 Å². The van der Waals surface area contributed by atoms with E-state index in [9.17, 15) is 4.79 Å². The van der Waals surface area contributed by atoms with Crippen LogP contribution < -0.4 is 4.74 Å². The van der Waals surface area contributed by atoms with Gasteiger partial charge in [0.25, 0.3) is 0 Å². The van der Waals surface area contributed by atoms with Crippen molar-refractivity contribution in [3.63, 3.8) is 0 Å². The lowest BCUT2D eigenvalue weighted by Gasteiger charge is -2.16. The Morgan fingerprint density at radius 3 is 2.39 bits per heavy atom. The Kier molecular flexibility index (Phi) is 5.80. The van der Waals surface area contributed by atoms with Crippen LogP contribution in [-0.2, 0) is 16.0 Å². The Morgan fingerprint density at radius 2 is 1.94 bits per heavy atom. The molecule has 0 aliphatic heterocycles. The van der Waals surface area contributed by atoms with Crippen LogP contribution in [-0.4, -0.2) is 42.2 Å². The summed E-state index contributed by atoms with van der Waals surface area (Å²) >= 11 is 0. The van der Waals surface area contributed by atoms with Gasteiger partial charge in [-0.15, -0.1) is 0 Å². The van der Waals surface area contributed by atoms with E-state index in [1.165, 1.54) is 13.3 Å². The zero-order valence-corrected chi connectivity index (χ0v) is 11.3. The van der Waals surface area contributed by atoms with Crippen LogP contribution in [0.3, 0.4) is 0 Å². The lowest BCUT2D eigenvalue weighted by molar-refractivity contribution is -0.107. The molecule has 0 atom stereocenters. The molecule has 6 nitrogen and oxygen atoms in total. The molecule has 1 heterocycles. The molecule has 0 spiro atoms. The third-order valence-corrected chi connectivity index (χ3v) is 2.41. The van der Waals surface area contributed by atoms with Gasteiger partial charge in [0.05, 0.1) is 13.3 Å². The molecule has 1 rings (SSSR count). The van der Waals surface area contributed by atoms with Gasteiger partial charge in [0, 0.05) is 19.8 Å². The zero-order chi connectivity index (χ0) is 13.5. The number of aromatic nitrogens is 2. The third-order valence-electron chi connectivity index (χ3n) is 2.41. The predicted octanol–water partition coefficient (Wildman–Crippen LogP) is 1.49. The quantitative estimate of drug-likeness (QED) is 0.521. The summed E-state index contributed by atoms with van der Waals surface area (Å²) in [6, 6.07) is 0. The highest BCUT2D eigenvalue weighted by molar-refractivity contribution is 5.99. The molecule has 0 saturated heterocycles. The van der Waals surface area contributed by atoms with Gasteiger partial charge in [-0.3, -0.25) is 9.48 Å². The molecular formula is C12H20N2O4. The molecule has 0 N–H and O–H groups in total. The smallest absolute Gasteiger partial charge is 0.240 e. The van der Waals surface area contributed by atoms with E-state index in [0.717, 1.165) is 0 Å². The zero-order valence-electron chi connectivity index (χ0n) is 11.3. The second kappa shape index (κ2) is 7.13. The number of aryl methyl sites for hydroxylation is 1. The molecule has 0 aliphatic carbocycles. The van der Waals surface area contributed by atoms with E-state index in [2.05, 4.69) is 5.10 Å². The Balaban J connectivity index is 3.02. The molecular weight excluding hydrogens is 236 g/mol. The second-order valence-electron chi connectivity index (χ2n) is 3.48. The van der Waals surface area contributed by atoms with Crippen molar-refractivity contribution in [1.82, 2.24) is 9.78 Å². The first-order valence-electron chi connectivity index (χ1n) is 6.06. The minimum Gasteiger partial charge on any atom is -0.493 e. The third kappa shape index (κ3) is 3.08. The van der Waals surface area contributed by atoms with Crippen molar-refractivity contribution in [2.45, 2.75) is 33.6 Å². The summed E-state index contributed by atoms with van der Waals surface area (Å²) in [5.41, 5.74) is 0.381. The lowest BCUT2D eigenvalue weighted by Crippen LogP contribution is -2.30. The normalized spacial score (nSPS) is 10.9. The summed E-state index contributed by atoms with van der Waals surface area (Å²) in [6.45, 7) is 6.91. The van der Waals surface area contributed by atoms with Crippen LogP contribution in [0.5, 0.6) is 5.75 Å². The molecule has 0 saturated carbocycles. The fraction of sp³-hybridized carbons (Fsp3) is 0.667. The lowest BCUT2D eigenvalue weighted by atomic mass is 10.2. The van der Waals surface area contributed by atoms with E-state index < -0.39 is 6.29 Å². The maximum atomic E-state index is 12.4. The molecule has 18 heavy (non-hydrogen) atoms. The van der Waals surface area contributed by atoms with Gasteiger partial charge in [0.2, 0.25) is 12.1 Å². The average molecular weight is 256 g/mol. The van der Waals surface area contributed by atoms with Gasteiger partial charge >= 0.3 is 0 Å². The minimum atomic E-state index is -0.907. The number of methoxy groups -OCH3 is 1. The highest BCUT2D eigenvalue weighted by atomic mass is 16.7. The molecule has 0 fully saturated rings. The van der Waals surface area contributed by atoms with E-state index in [-0.39, 0.29) is 5.78 Å². The van der Waals surface area contributed by atoms with Crippen molar-refractivity contribution in [2.24, 2.45) is 0 Å². The van der Waals surface area contributed by atoms with Crippen molar-refractivity contribution < 1.29 is 19.0 Å². The number of carbonyl (C=O) groups is 1. The number of hydrogen-bond donors (Lipinski definition) is 0. The van der Waals surface area contributed by atoms with Crippen LogP contribution in [0.1, 0.15) is 31.3 Å².